The lowest BCUT2D eigenvalue weighted by molar-refractivity contribution is 0.100. The van der Waals surface area contributed by atoms with Gasteiger partial charge in [-0.3, -0.25) is 8.32 Å². The molecule has 0 aliphatic carbocycles. The van der Waals surface area contributed by atoms with Crippen molar-refractivity contribution < 1.29 is 4.79 Å². The van der Waals surface area contributed by atoms with Gasteiger partial charge < -0.3 is 11.1 Å². The molecule has 0 bridgehead atoms. The number of carbonyl (C=O) groups excluding carboxylic acids is 1. The molecule has 2 aromatic heterocycles. The van der Waals surface area contributed by atoms with Crippen molar-refractivity contribution in [3.05, 3.63) is 48.4 Å². The van der Waals surface area contributed by atoms with E-state index in [-0.39, 0.29) is 5.56 Å². The Hall–Kier alpha value is -2.76. The fourth-order valence-electron chi connectivity index (χ4n) is 1.90. The standard InChI is InChI=1S/C13H11IN8O/c14-21-13-16-7-10(11(15)23)12(20-13)19-8-2-1-3-9(6-8)22-17-4-5-18-22/h1-7H,(H2,15,23)(H2,16,19,20,21). The minimum absolute atomic E-state index is 0.197. The molecule has 1 aromatic carbocycles. The normalized spacial score (nSPS) is 10.3. The van der Waals surface area contributed by atoms with Crippen molar-refractivity contribution in [1.29, 1.82) is 0 Å². The zero-order chi connectivity index (χ0) is 16.2. The van der Waals surface area contributed by atoms with E-state index in [1.807, 2.05) is 47.1 Å². The third-order valence-corrected chi connectivity index (χ3v) is 3.38. The van der Waals surface area contributed by atoms with E-state index >= 15 is 0 Å². The zero-order valence-electron chi connectivity index (χ0n) is 11.6. The minimum Gasteiger partial charge on any atom is -0.365 e. The van der Waals surface area contributed by atoms with E-state index < -0.39 is 5.91 Å². The first-order valence-electron chi connectivity index (χ1n) is 6.44. The quantitative estimate of drug-likeness (QED) is 0.422. The predicted molar refractivity (Wildman–Crippen MR) is 92.8 cm³/mol. The molecule has 1 amide bonds. The van der Waals surface area contributed by atoms with Gasteiger partial charge in [0.05, 0.1) is 40.9 Å². The lowest BCUT2D eigenvalue weighted by Crippen LogP contribution is -2.15. The molecule has 0 aliphatic rings. The second-order valence-corrected chi connectivity index (χ2v) is 4.95. The summed E-state index contributed by atoms with van der Waals surface area (Å²) in [6.07, 6.45) is 4.56. The second-order valence-electron chi connectivity index (χ2n) is 4.41. The van der Waals surface area contributed by atoms with E-state index in [2.05, 4.69) is 29.0 Å². The van der Waals surface area contributed by atoms with Crippen LogP contribution < -0.4 is 14.6 Å². The van der Waals surface area contributed by atoms with Crippen molar-refractivity contribution in [1.82, 2.24) is 25.0 Å². The van der Waals surface area contributed by atoms with Gasteiger partial charge in [-0.05, 0) is 18.2 Å². The highest BCUT2D eigenvalue weighted by molar-refractivity contribution is 14.1. The third kappa shape index (κ3) is 3.36. The molecule has 0 saturated carbocycles. The Morgan fingerprint density at radius 2 is 2.04 bits per heavy atom. The largest absolute Gasteiger partial charge is 0.365 e. The van der Waals surface area contributed by atoms with Crippen LogP contribution in [0.2, 0.25) is 0 Å². The number of anilines is 3. The second kappa shape index (κ2) is 6.56. The monoisotopic (exact) mass is 422 g/mol. The molecule has 10 heteroatoms. The van der Waals surface area contributed by atoms with E-state index in [0.29, 0.717) is 17.5 Å². The molecular weight excluding hydrogens is 411 g/mol. The molecule has 0 aliphatic heterocycles. The summed E-state index contributed by atoms with van der Waals surface area (Å²) < 4.78 is 2.78. The molecule has 3 rings (SSSR count). The molecule has 0 unspecified atom stereocenters. The topological polar surface area (TPSA) is 124 Å². The molecule has 4 N–H and O–H groups in total. The molecule has 0 radical (unpaired) electrons. The molecule has 0 spiro atoms. The van der Waals surface area contributed by atoms with Crippen LogP contribution in [0.1, 0.15) is 10.4 Å². The number of halogens is 1. The summed E-state index contributed by atoms with van der Waals surface area (Å²) >= 11 is 1.90. The number of carbonyl (C=O) groups is 1. The van der Waals surface area contributed by atoms with Crippen LogP contribution in [0.3, 0.4) is 0 Å². The Morgan fingerprint density at radius 1 is 1.26 bits per heavy atom. The van der Waals surface area contributed by atoms with Gasteiger partial charge in [-0.15, -0.1) is 0 Å². The number of benzene rings is 1. The number of hydrogen-bond acceptors (Lipinski definition) is 7. The molecule has 23 heavy (non-hydrogen) atoms. The highest BCUT2D eigenvalue weighted by Gasteiger charge is 2.12. The van der Waals surface area contributed by atoms with E-state index in [1.54, 1.807) is 12.4 Å². The molecule has 3 aromatic rings. The van der Waals surface area contributed by atoms with Gasteiger partial charge in [0.2, 0.25) is 5.95 Å². The van der Waals surface area contributed by atoms with Gasteiger partial charge >= 0.3 is 0 Å². The molecule has 2 heterocycles. The van der Waals surface area contributed by atoms with Gasteiger partial charge in [-0.2, -0.15) is 20.0 Å². The number of primary amides is 1. The maximum Gasteiger partial charge on any atom is 0.254 e. The van der Waals surface area contributed by atoms with Crippen LogP contribution in [0.5, 0.6) is 0 Å². The first-order chi connectivity index (χ1) is 11.2. The fourth-order valence-corrected chi connectivity index (χ4v) is 2.16. The van der Waals surface area contributed by atoms with E-state index in [0.717, 1.165) is 5.69 Å². The molecule has 116 valence electrons. The van der Waals surface area contributed by atoms with Crippen molar-refractivity contribution in [2.75, 3.05) is 8.85 Å². The van der Waals surface area contributed by atoms with Crippen LogP contribution in [0.4, 0.5) is 17.5 Å². The van der Waals surface area contributed by atoms with Crippen molar-refractivity contribution in [2.45, 2.75) is 0 Å². The van der Waals surface area contributed by atoms with Crippen LogP contribution in [0.15, 0.2) is 42.9 Å². The van der Waals surface area contributed by atoms with Gasteiger partial charge in [0.1, 0.15) is 11.4 Å². The molecule has 0 fully saturated rings. The van der Waals surface area contributed by atoms with Crippen molar-refractivity contribution in [3.8, 4) is 5.69 Å². The van der Waals surface area contributed by atoms with Crippen LogP contribution >= 0.6 is 22.9 Å². The zero-order valence-corrected chi connectivity index (χ0v) is 13.8. The number of rotatable bonds is 5. The van der Waals surface area contributed by atoms with Gasteiger partial charge in [0, 0.05) is 11.9 Å². The van der Waals surface area contributed by atoms with Crippen LogP contribution in [0.25, 0.3) is 5.69 Å². The summed E-state index contributed by atoms with van der Waals surface area (Å²) in [5.74, 6) is 0.0673. The highest BCUT2D eigenvalue weighted by Crippen LogP contribution is 2.21. The Bertz CT molecular complexity index is 836. The number of nitrogens with two attached hydrogens (primary N) is 1. The SMILES string of the molecule is NC(=O)c1cnc(NI)nc1Nc1cccc(-n2nccn2)c1. The number of amides is 1. The van der Waals surface area contributed by atoms with Gasteiger partial charge in [0.25, 0.3) is 5.91 Å². The average molecular weight is 422 g/mol. The van der Waals surface area contributed by atoms with Crippen molar-refractivity contribution in [3.63, 3.8) is 0 Å². The Labute approximate surface area is 144 Å². The fraction of sp³-hybridized carbons (Fsp3) is 0. The van der Waals surface area contributed by atoms with Crippen molar-refractivity contribution in [2.24, 2.45) is 5.73 Å². The first kappa shape index (κ1) is 15.1. The number of nitrogens with zero attached hydrogens (tertiary/aromatic N) is 5. The van der Waals surface area contributed by atoms with Crippen LogP contribution in [-0.4, -0.2) is 30.9 Å². The van der Waals surface area contributed by atoms with Crippen molar-refractivity contribution >= 4 is 46.2 Å². The molecular formula is C13H11IN8O. The summed E-state index contributed by atoms with van der Waals surface area (Å²) in [7, 11) is 0. The maximum absolute atomic E-state index is 11.5. The lowest BCUT2D eigenvalue weighted by atomic mass is 10.2. The van der Waals surface area contributed by atoms with E-state index in [9.17, 15) is 4.79 Å². The maximum atomic E-state index is 11.5. The first-order valence-corrected chi connectivity index (χ1v) is 7.52. The minimum atomic E-state index is -0.614. The van der Waals surface area contributed by atoms with Gasteiger partial charge in [-0.1, -0.05) is 6.07 Å². The number of hydrogen-bond donors (Lipinski definition) is 3. The molecule has 0 saturated heterocycles. The summed E-state index contributed by atoms with van der Waals surface area (Å²) in [6, 6.07) is 7.35. The number of nitrogens with one attached hydrogen (secondary N) is 2. The summed E-state index contributed by atoms with van der Waals surface area (Å²) in [6.45, 7) is 0. The summed E-state index contributed by atoms with van der Waals surface area (Å²) in [5, 5.41) is 11.2. The predicted octanol–water partition coefficient (Wildman–Crippen LogP) is 1.66. The van der Waals surface area contributed by atoms with Crippen LogP contribution in [0, 0.1) is 0 Å². The van der Waals surface area contributed by atoms with Crippen LogP contribution in [-0.2, 0) is 0 Å². The highest BCUT2D eigenvalue weighted by atomic mass is 127. The third-order valence-electron chi connectivity index (χ3n) is 2.90. The van der Waals surface area contributed by atoms with E-state index in [1.165, 1.54) is 11.0 Å². The lowest BCUT2D eigenvalue weighted by Gasteiger charge is -2.11. The molecule has 0 atom stereocenters. The molecule has 9 nitrogen and oxygen atoms in total. The van der Waals surface area contributed by atoms with Gasteiger partial charge in [0.15, 0.2) is 0 Å². The Kier molecular flexibility index (Phi) is 4.32. The van der Waals surface area contributed by atoms with E-state index in [4.69, 9.17) is 5.73 Å². The Morgan fingerprint density at radius 3 is 2.74 bits per heavy atom. The number of aromatic nitrogens is 5. The van der Waals surface area contributed by atoms with Gasteiger partial charge in [-0.25, -0.2) is 4.98 Å². The summed E-state index contributed by atoms with van der Waals surface area (Å²) in [5.41, 5.74) is 7.03. The summed E-state index contributed by atoms with van der Waals surface area (Å²) in [4.78, 5) is 21.2. The average Bonchev–Trinajstić information content (AvgIpc) is 3.09. The smallest absolute Gasteiger partial charge is 0.254 e. The Balaban J connectivity index is 1.96.